The smallest absolute Gasteiger partial charge is 0.309 e. The van der Waals surface area contributed by atoms with Crippen LogP contribution in [-0.2, 0) is 20.3 Å². The van der Waals surface area contributed by atoms with Crippen molar-refractivity contribution in [2.24, 2.45) is 5.92 Å². The standard InChI is InChI=1S/C20H26O3SSi/c1-16(25(3,4)18-13-9-6-10-14-18)19(20(21)23-2)15-24(22)17-11-7-5-8-12-17/h5-14,16,19H,15H2,1-4H3/t16-,19-,24?/m0/s1. The molecule has 25 heavy (non-hydrogen) atoms. The van der Waals surface area contributed by atoms with Crippen LogP contribution >= 0.6 is 0 Å². The van der Waals surface area contributed by atoms with Gasteiger partial charge in [-0.2, -0.15) is 0 Å². The second-order valence-corrected chi connectivity index (χ2v) is 13.3. The van der Waals surface area contributed by atoms with Crippen LogP contribution in [0.5, 0.6) is 0 Å². The number of hydrogen-bond donors (Lipinski definition) is 0. The summed E-state index contributed by atoms with van der Waals surface area (Å²) in [5, 5.41) is 1.29. The fourth-order valence-electron chi connectivity index (χ4n) is 3.03. The minimum Gasteiger partial charge on any atom is -0.469 e. The van der Waals surface area contributed by atoms with Crippen molar-refractivity contribution in [2.45, 2.75) is 30.5 Å². The van der Waals surface area contributed by atoms with Gasteiger partial charge in [-0.15, -0.1) is 0 Å². The molecule has 134 valence electrons. The number of ether oxygens (including phenoxy) is 1. The van der Waals surface area contributed by atoms with Crippen LogP contribution in [0.3, 0.4) is 0 Å². The van der Waals surface area contributed by atoms with Gasteiger partial charge in [-0.1, -0.05) is 73.7 Å². The van der Waals surface area contributed by atoms with Gasteiger partial charge in [-0.05, 0) is 17.7 Å². The lowest BCUT2D eigenvalue weighted by Crippen LogP contribution is -2.49. The van der Waals surface area contributed by atoms with Crippen molar-refractivity contribution in [3.05, 3.63) is 60.7 Å². The van der Waals surface area contributed by atoms with E-state index in [1.807, 2.05) is 48.5 Å². The lowest BCUT2D eigenvalue weighted by atomic mass is 10.1. The van der Waals surface area contributed by atoms with Crippen LogP contribution in [0.4, 0.5) is 0 Å². The van der Waals surface area contributed by atoms with E-state index in [1.54, 1.807) is 0 Å². The number of methoxy groups -OCH3 is 1. The topological polar surface area (TPSA) is 43.4 Å². The third-order valence-corrected chi connectivity index (χ3v) is 11.1. The van der Waals surface area contributed by atoms with Gasteiger partial charge in [0, 0.05) is 10.6 Å². The molecule has 5 heteroatoms. The van der Waals surface area contributed by atoms with E-state index in [-0.39, 0.29) is 17.4 Å². The van der Waals surface area contributed by atoms with Crippen molar-refractivity contribution in [1.82, 2.24) is 0 Å². The summed E-state index contributed by atoms with van der Waals surface area (Å²) in [5.41, 5.74) is 0.106. The first-order valence-electron chi connectivity index (χ1n) is 8.44. The van der Waals surface area contributed by atoms with Gasteiger partial charge in [0.25, 0.3) is 0 Å². The number of hydrogen-bond acceptors (Lipinski definition) is 3. The van der Waals surface area contributed by atoms with Crippen molar-refractivity contribution in [1.29, 1.82) is 0 Å². The Morgan fingerprint density at radius 1 is 1.04 bits per heavy atom. The van der Waals surface area contributed by atoms with Gasteiger partial charge >= 0.3 is 5.97 Å². The molecule has 3 atom stereocenters. The Bertz CT molecular complexity index is 716. The Labute approximate surface area is 153 Å². The summed E-state index contributed by atoms with van der Waals surface area (Å²) < 4.78 is 17.8. The van der Waals surface area contributed by atoms with Crippen LogP contribution in [0, 0.1) is 5.92 Å². The molecule has 0 saturated carbocycles. The first-order chi connectivity index (χ1) is 11.9. The monoisotopic (exact) mass is 374 g/mol. The molecule has 0 N–H and O–H groups in total. The van der Waals surface area contributed by atoms with Gasteiger partial charge in [0.05, 0.1) is 31.9 Å². The van der Waals surface area contributed by atoms with Crippen molar-refractivity contribution >= 4 is 30.0 Å². The van der Waals surface area contributed by atoms with Crippen LogP contribution in [0.2, 0.25) is 18.6 Å². The second-order valence-electron chi connectivity index (χ2n) is 6.83. The van der Waals surface area contributed by atoms with E-state index < -0.39 is 18.9 Å². The first-order valence-corrected chi connectivity index (χ1v) is 12.8. The van der Waals surface area contributed by atoms with E-state index in [0.717, 1.165) is 4.90 Å². The van der Waals surface area contributed by atoms with Crippen LogP contribution < -0.4 is 5.19 Å². The Morgan fingerprint density at radius 2 is 1.56 bits per heavy atom. The minimum atomic E-state index is -1.93. The summed E-state index contributed by atoms with van der Waals surface area (Å²) in [6, 6.07) is 19.6. The molecule has 0 amide bonds. The van der Waals surface area contributed by atoms with Crippen molar-refractivity contribution in [3.8, 4) is 0 Å². The van der Waals surface area contributed by atoms with Crippen molar-refractivity contribution < 1.29 is 13.7 Å². The molecule has 2 rings (SSSR count). The van der Waals surface area contributed by atoms with E-state index in [4.69, 9.17) is 4.74 Å². The van der Waals surface area contributed by atoms with E-state index in [2.05, 4.69) is 32.2 Å². The average molecular weight is 375 g/mol. The highest BCUT2D eigenvalue weighted by Crippen LogP contribution is 2.32. The summed E-state index contributed by atoms with van der Waals surface area (Å²) in [6.45, 7) is 6.62. The van der Waals surface area contributed by atoms with E-state index >= 15 is 0 Å². The summed E-state index contributed by atoms with van der Waals surface area (Å²) in [4.78, 5) is 13.2. The second kappa shape index (κ2) is 8.58. The third-order valence-electron chi connectivity index (χ3n) is 5.10. The zero-order valence-corrected chi connectivity index (χ0v) is 17.1. The molecule has 2 aromatic carbocycles. The molecule has 0 radical (unpaired) electrons. The van der Waals surface area contributed by atoms with Gasteiger partial charge in [0.15, 0.2) is 0 Å². The molecule has 0 aliphatic carbocycles. The molecule has 0 heterocycles. The summed E-state index contributed by atoms with van der Waals surface area (Å²) in [5.74, 6) is -0.359. The van der Waals surface area contributed by atoms with Crippen LogP contribution in [0.25, 0.3) is 0 Å². The molecule has 0 aliphatic heterocycles. The number of rotatable bonds is 7. The molecule has 0 aliphatic rings. The normalized spacial score (nSPS) is 15.2. The Kier molecular flexibility index (Phi) is 6.73. The van der Waals surface area contributed by atoms with Crippen LogP contribution in [-0.4, -0.2) is 31.1 Å². The lowest BCUT2D eigenvalue weighted by Gasteiger charge is -2.34. The number of benzene rings is 2. The lowest BCUT2D eigenvalue weighted by molar-refractivity contribution is -0.144. The quantitative estimate of drug-likeness (QED) is 0.549. The molecule has 3 nitrogen and oxygen atoms in total. The first kappa shape index (κ1) is 19.6. The Morgan fingerprint density at radius 3 is 2.08 bits per heavy atom. The molecule has 0 fully saturated rings. The van der Waals surface area contributed by atoms with Gasteiger partial charge in [-0.25, -0.2) is 0 Å². The molecule has 0 bridgehead atoms. The van der Waals surface area contributed by atoms with Crippen molar-refractivity contribution in [2.75, 3.05) is 12.9 Å². The molecular formula is C20H26O3SSi. The summed E-state index contributed by atoms with van der Waals surface area (Å²) >= 11 is 0. The molecule has 2 aromatic rings. The highest BCUT2D eigenvalue weighted by Gasteiger charge is 2.40. The predicted molar refractivity (Wildman–Crippen MR) is 106 cm³/mol. The highest BCUT2D eigenvalue weighted by molar-refractivity contribution is 7.85. The van der Waals surface area contributed by atoms with Gasteiger partial charge in [-0.3, -0.25) is 9.00 Å². The molecular weight excluding hydrogens is 348 g/mol. The maximum atomic E-state index is 12.8. The molecule has 0 spiro atoms. The minimum absolute atomic E-state index is 0.106. The third kappa shape index (κ3) is 4.67. The zero-order valence-electron chi connectivity index (χ0n) is 15.3. The van der Waals surface area contributed by atoms with Gasteiger partial charge in [0.2, 0.25) is 0 Å². The van der Waals surface area contributed by atoms with E-state index in [1.165, 1.54) is 12.3 Å². The number of esters is 1. The fourth-order valence-corrected chi connectivity index (χ4v) is 7.45. The highest BCUT2D eigenvalue weighted by atomic mass is 32.2. The van der Waals surface area contributed by atoms with E-state index in [0.29, 0.717) is 5.75 Å². The zero-order chi connectivity index (χ0) is 18.4. The average Bonchev–Trinajstić information content (AvgIpc) is 2.66. The Balaban J connectivity index is 2.27. The Hall–Kier alpha value is -1.72. The van der Waals surface area contributed by atoms with E-state index in [9.17, 15) is 9.00 Å². The molecule has 0 saturated heterocycles. The van der Waals surface area contributed by atoms with Crippen LogP contribution in [0.1, 0.15) is 6.92 Å². The van der Waals surface area contributed by atoms with Gasteiger partial charge < -0.3 is 4.74 Å². The summed E-state index contributed by atoms with van der Waals surface area (Å²) in [6.07, 6.45) is 0. The molecule has 0 aromatic heterocycles. The maximum Gasteiger partial charge on any atom is 0.309 e. The van der Waals surface area contributed by atoms with Crippen molar-refractivity contribution in [3.63, 3.8) is 0 Å². The fraction of sp³-hybridized carbons (Fsp3) is 0.350. The number of carbonyl (C=O) groups excluding carboxylic acids is 1. The largest absolute Gasteiger partial charge is 0.469 e. The van der Waals surface area contributed by atoms with Gasteiger partial charge in [0.1, 0.15) is 0 Å². The number of carbonyl (C=O) groups is 1. The summed E-state index contributed by atoms with van der Waals surface area (Å²) in [7, 11) is -1.75. The molecule has 1 unspecified atom stereocenters. The predicted octanol–water partition coefficient (Wildman–Crippen LogP) is 3.59. The maximum absolute atomic E-state index is 12.8. The SMILES string of the molecule is COC(=O)[C@@H](CS(=O)c1ccccc1)[C@H](C)[Si](C)(C)c1ccccc1. The van der Waals surface area contributed by atoms with Crippen LogP contribution in [0.15, 0.2) is 65.6 Å².